The number of amides is 1. The fourth-order valence-electron chi connectivity index (χ4n) is 2.48. The second-order valence-corrected chi connectivity index (χ2v) is 6.03. The van der Waals surface area contributed by atoms with Gasteiger partial charge in [0, 0.05) is 30.7 Å². The molecule has 1 amide bonds. The van der Waals surface area contributed by atoms with Gasteiger partial charge in [0.1, 0.15) is 6.61 Å². The van der Waals surface area contributed by atoms with Gasteiger partial charge in [-0.05, 0) is 38.7 Å². The van der Waals surface area contributed by atoms with Crippen molar-refractivity contribution in [3.8, 4) is 5.88 Å². The Bertz CT molecular complexity index is 888. The maximum Gasteiger partial charge on any atom is 0.259 e. The van der Waals surface area contributed by atoms with E-state index in [4.69, 9.17) is 4.74 Å². The lowest BCUT2D eigenvalue weighted by Crippen LogP contribution is -2.19. The predicted octanol–water partition coefficient (Wildman–Crippen LogP) is 2.23. The molecule has 7 nitrogen and oxygen atoms in total. The van der Waals surface area contributed by atoms with Crippen molar-refractivity contribution >= 4 is 17.1 Å². The molecule has 0 atom stereocenters. The lowest BCUT2D eigenvalue weighted by atomic mass is 10.1. The number of aromatic nitrogens is 3. The zero-order valence-corrected chi connectivity index (χ0v) is 14.6. The Hall–Kier alpha value is -2.93. The van der Waals surface area contributed by atoms with Gasteiger partial charge in [0.2, 0.25) is 5.88 Å². The van der Waals surface area contributed by atoms with Crippen LogP contribution in [0.3, 0.4) is 0 Å². The number of anilines is 1. The smallest absolute Gasteiger partial charge is 0.259 e. The maximum absolute atomic E-state index is 12.6. The Morgan fingerprint density at radius 1 is 1.36 bits per heavy atom. The third kappa shape index (κ3) is 3.95. The minimum atomic E-state index is -0.213. The summed E-state index contributed by atoms with van der Waals surface area (Å²) in [4.78, 5) is 18.8. The second-order valence-electron chi connectivity index (χ2n) is 6.03. The van der Waals surface area contributed by atoms with Gasteiger partial charge < -0.3 is 15.0 Å². The lowest BCUT2D eigenvalue weighted by molar-refractivity contribution is 0.102. The van der Waals surface area contributed by atoms with Crippen LogP contribution in [0, 0.1) is 6.92 Å². The summed E-state index contributed by atoms with van der Waals surface area (Å²) in [6.45, 7) is 3.28. The van der Waals surface area contributed by atoms with Gasteiger partial charge in [-0.3, -0.25) is 4.79 Å². The molecule has 0 aliphatic rings. The Morgan fingerprint density at radius 3 is 3.00 bits per heavy atom. The molecule has 0 radical (unpaired) electrons. The number of pyridine rings is 2. The van der Waals surface area contributed by atoms with Crippen LogP contribution in [0.1, 0.15) is 15.9 Å². The fraction of sp³-hybridized carbons (Fsp3) is 0.278. The van der Waals surface area contributed by atoms with Gasteiger partial charge in [0.25, 0.3) is 5.91 Å². The number of rotatable bonds is 6. The predicted molar refractivity (Wildman–Crippen MR) is 96.2 cm³/mol. The molecule has 0 saturated carbocycles. The molecule has 3 rings (SSSR count). The van der Waals surface area contributed by atoms with E-state index in [0.717, 1.165) is 17.6 Å². The van der Waals surface area contributed by atoms with Crippen molar-refractivity contribution in [1.29, 1.82) is 0 Å². The number of hydrogen-bond donors (Lipinski definition) is 1. The summed E-state index contributed by atoms with van der Waals surface area (Å²) < 4.78 is 7.30. The molecular weight excluding hydrogens is 318 g/mol. The van der Waals surface area contributed by atoms with Crippen LogP contribution < -0.4 is 10.1 Å². The second kappa shape index (κ2) is 7.31. The summed E-state index contributed by atoms with van der Waals surface area (Å²) in [5.41, 5.74) is 2.96. The number of nitrogens with one attached hydrogen (secondary N) is 1. The normalized spacial score (nSPS) is 11.0. The minimum Gasteiger partial charge on any atom is -0.476 e. The standard InChI is InChI=1S/C18H21N5O2/c1-13-5-4-8-23-17(13)15(12-20-23)18(24)21-14-6-7-19-16(11-14)25-10-9-22(2)3/h4-8,11-12H,9-10H2,1-3H3,(H,19,21,24). The molecule has 130 valence electrons. The topological polar surface area (TPSA) is 71.8 Å². The van der Waals surface area contributed by atoms with Gasteiger partial charge in [-0.15, -0.1) is 0 Å². The summed E-state index contributed by atoms with van der Waals surface area (Å²) >= 11 is 0. The zero-order chi connectivity index (χ0) is 17.8. The summed E-state index contributed by atoms with van der Waals surface area (Å²) in [5.74, 6) is 0.269. The molecule has 0 aromatic carbocycles. The summed E-state index contributed by atoms with van der Waals surface area (Å²) in [7, 11) is 3.96. The number of carbonyl (C=O) groups is 1. The maximum atomic E-state index is 12.6. The van der Waals surface area contributed by atoms with E-state index in [2.05, 4.69) is 15.4 Å². The number of hydrogen-bond acceptors (Lipinski definition) is 5. The zero-order valence-electron chi connectivity index (χ0n) is 14.6. The van der Waals surface area contributed by atoms with Gasteiger partial charge in [-0.1, -0.05) is 6.07 Å². The number of carbonyl (C=O) groups excluding carboxylic acids is 1. The Morgan fingerprint density at radius 2 is 2.20 bits per heavy atom. The van der Waals surface area contributed by atoms with E-state index in [0.29, 0.717) is 23.7 Å². The van der Waals surface area contributed by atoms with E-state index < -0.39 is 0 Å². The van der Waals surface area contributed by atoms with Crippen molar-refractivity contribution in [1.82, 2.24) is 19.5 Å². The van der Waals surface area contributed by atoms with Crippen molar-refractivity contribution < 1.29 is 9.53 Å². The molecule has 3 aromatic rings. The molecule has 0 aliphatic carbocycles. The van der Waals surface area contributed by atoms with Crippen LogP contribution in [0.2, 0.25) is 0 Å². The van der Waals surface area contributed by atoms with E-state index in [1.807, 2.05) is 44.2 Å². The number of nitrogens with zero attached hydrogens (tertiary/aromatic N) is 4. The van der Waals surface area contributed by atoms with Gasteiger partial charge in [0.15, 0.2) is 0 Å². The average molecular weight is 339 g/mol. The van der Waals surface area contributed by atoms with E-state index in [1.54, 1.807) is 29.0 Å². The van der Waals surface area contributed by atoms with Crippen molar-refractivity contribution in [2.24, 2.45) is 0 Å². The third-order valence-corrected chi connectivity index (χ3v) is 3.77. The minimum absolute atomic E-state index is 0.213. The molecule has 7 heteroatoms. The molecule has 0 bridgehead atoms. The Kier molecular flexibility index (Phi) is 4.95. The quantitative estimate of drug-likeness (QED) is 0.746. The molecule has 0 unspecified atom stereocenters. The van der Waals surface area contributed by atoms with Crippen LogP contribution in [0.5, 0.6) is 5.88 Å². The summed E-state index contributed by atoms with van der Waals surface area (Å²) in [6, 6.07) is 7.30. The van der Waals surface area contributed by atoms with E-state index in [1.165, 1.54) is 0 Å². The fourth-order valence-corrected chi connectivity index (χ4v) is 2.48. The van der Waals surface area contributed by atoms with E-state index in [9.17, 15) is 4.79 Å². The molecule has 0 saturated heterocycles. The highest BCUT2D eigenvalue weighted by Crippen LogP contribution is 2.19. The van der Waals surface area contributed by atoms with Crippen LogP contribution in [-0.4, -0.2) is 52.7 Å². The summed E-state index contributed by atoms with van der Waals surface area (Å²) in [5, 5.41) is 7.11. The first-order valence-electron chi connectivity index (χ1n) is 8.02. The molecular formula is C18H21N5O2. The first-order chi connectivity index (χ1) is 12.0. The molecule has 3 heterocycles. The van der Waals surface area contributed by atoms with Crippen molar-refractivity contribution in [3.05, 3.63) is 54.0 Å². The number of ether oxygens (including phenoxy) is 1. The van der Waals surface area contributed by atoms with Crippen LogP contribution >= 0.6 is 0 Å². The largest absolute Gasteiger partial charge is 0.476 e. The van der Waals surface area contributed by atoms with Crippen molar-refractivity contribution in [2.75, 3.05) is 32.6 Å². The van der Waals surface area contributed by atoms with Crippen LogP contribution in [0.4, 0.5) is 5.69 Å². The van der Waals surface area contributed by atoms with Gasteiger partial charge in [-0.2, -0.15) is 5.10 Å². The highest BCUT2D eigenvalue weighted by Gasteiger charge is 2.14. The first kappa shape index (κ1) is 16.9. The SMILES string of the molecule is Cc1cccn2ncc(C(=O)Nc3ccnc(OCCN(C)C)c3)c12. The molecule has 0 fully saturated rings. The van der Waals surface area contributed by atoms with Crippen LogP contribution in [0.15, 0.2) is 42.9 Å². The number of likely N-dealkylation sites (N-methyl/N-ethyl adjacent to an activating group) is 1. The van der Waals surface area contributed by atoms with Gasteiger partial charge in [0.05, 0.1) is 17.3 Å². The van der Waals surface area contributed by atoms with Crippen molar-refractivity contribution in [3.63, 3.8) is 0 Å². The Balaban J connectivity index is 1.74. The number of fused-ring (bicyclic) bond motifs is 1. The van der Waals surface area contributed by atoms with Gasteiger partial charge >= 0.3 is 0 Å². The molecule has 0 aliphatic heterocycles. The summed E-state index contributed by atoms with van der Waals surface area (Å²) in [6.07, 6.45) is 5.01. The average Bonchev–Trinajstić information content (AvgIpc) is 3.00. The van der Waals surface area contributed by atoms with Gasteiger partial charge in [-0.25, -0.2) is 9.50 Å². The third-order valence-electron chi connectivity index (χ3n) is 3.77. The Labute approximate surface area is 146 Å². The molecule has 3 aromatic heterocycles. The highest BCUT2D eigenvalue weighted by molar-refractivity contribution is 6.09. The molecule has 1 N–H and O–H groups in total. The number of aryl methyl sites for hydroxylation is 1. The lowest BCUT2D eigenvalue weighted by Gasteiger charge is -2.11. The first-order valence-corrected chi connectivity index (χ1v) is 8.02. The van der Waals surface area contributed by atoms with E-state index >= 15 is 0 Å². The van der Waals surface area contributed by atoms with Crippen molar-refractivity contribution in [2.45, 2.75) is 6.92 Å². The van der Waals surface area contributed by atoms with E-state index in [-0.39, 0.29) is 5.91 Å². The molecule has 0 spiro atoms. The van der Waals surface area contributed by atoms with Crippen LogP contribution in [-0.2, 0) is 0 Å². The van der Waals surface area contributed by atoms with Crippen LogP contribution in [0.25, 0.3) is 5.52 Å². The highest BCUT2D eigenvalue weighted by atomic mass is 16.5. The molecule has 25 heavy (non-hydrogen) atoms. The monoisotopic (exact) mass is 339 g/mol.